The molecule has 0 aliphatic rings. The van der Waals surface area contributed by atoms with Crippen LogP contribution in [-0.4, -0.2) is 33.0 Å². The van der Waals surface area contributed by atoms with Crippen LogP contribution in [0.4, 0.5) is 13.2 Å². The van der Waals surface area contributed by atoms with Crippen LogP contribution >= 0.6 is 0 Å². The fourth-order valence-corrected chi connectivity index (χ4v) is 1.09. The molecular formula is C4H7F3O2S. The molecular weight excluding hydrogens is 169 g/mol. The highest BCUT2D eigenvalue weighted by atomic mass is 32.2. The molecule has 0 aromatic heterocycles. The molecule has 0 aromatic rings. The predicted octanol–water partition coefficient (Wildman–Crippen LogP) is 0.634. The molecule has 0 heterocycles. The Morgan fingerprint density at radius 2 is 1.70 bits per heavy atom. The van der Waals surface area contributed by atoms with E-state index in [9.17, 15) is 21.6 Å². The zero-order valence-electron chi connectivity index (χ0n) is 5.22. The fraction of sp³-hybridized carbons (Fsp3) is 1.00. The van der Waals surface area contributed by atoms with Crippen LogP contribution in [0, 0.1) is 0 Å². The topological polar surface area (TPSA) is 34.1 Å². The van der Waals surface area contributed by atoms with Crippen molar-refractivity contribution in [1.82, 2.24) is 0 Å². The Balaban J connectivity index is 3.93. The van der Waals surface area contributed by atoms with Crippen molar-refractivity contribution in [2.24, 2.45) is 0 Å². The zero-order valence-corrected chi connectivity index (χ0v) is 6.04. The van der Waals surface area contributed by atoms with Crippen molar-refractivity contribution in [2.75, 3.05) is 12.0 Å². The molecule has 0 saturated carbocycles. The molecule has 1 atom stereocenters. The molecule has 2 nitrogen and oxygen atoms in total. The van der Waals surface area contributed by atoms with Crippen molar-refractivity contribution < 1.29 is 21.6 Å². The molecule has 0 aliphatic carbocycles. The van der Waals surface area contributed by atoms with Gasteiger partial charge in [-0.25, -0.2) is 21.6 Å². The second-order valence-corrected chi connectivity index (χ2v) is 4.13. The van der Waals surface area contributed by atoms with Crippen LogP contribution in [-0.2, 0) is 9.84 Å². The molecule has 0 bridgehead atoms. The summed E-state index contributed by atoms with van der Waals surface area (Å²) in [6, 6.07) is 0. The van der Waals surface area contributed by atoms with Crippen LogP contribution in [0.5, 0.6) is 0 Å². The van der Waals surface area contributed by atoms with Gasteiger partial charge in [0.15, 0.2) is 16.0 Å². The van der Waals surface area contributed by atoms with Gasteiger partial charge >= 0.3 is 0 Å². The van der Waals surface area contributed by atoms with Crippen molar-refractivity contribution >= 4 is 9.84 Å². The minimum atomic E-state index is -3.62. The quantitative estimate of drug-likeness (QED) is 0.632. The average Bonchev–Trinajstić information content (AvgIpc) is 1.60. The third kappa shape index (κ3) is 4.60. The Morgan fingerprint density at radius 1 is 1.30 bits per heavy atom. The lowest BCUT2D eigenvalue weighted by molar-refractivity contribution is 0.0619. The van der Waals surface area contributed by atoms with Crippen LogP contribution in [0.2, 0.25) is 0 Å². The maximum Gasteiger partial charge on any atom is 0.270 e. The first-order valence-corrected chi connectivity index (χ1v) is 4.49. The maximum atomic E-state index is 11.9. The van der Waals surface area contributed by atoms with Crippen LogP contribution in [0.15, 0.2) is 0 Å². The summed E-state index contributed by atoms with van der Waals surface area (Å²) in [5, 5.41) is 0. The second-order valence-electron chi connectivity index (χ2n) is 1.94. The van der Waals surface area contributed by atoms with Crippen molar-refractivity contribution in [3.8, 4) is 0 Å². The average molecular weight is 176 g/mol. The normalized spacial score (nSPS) is 15.7. The van der Waals surface area contributed by atoms with Gasteiger partial charge in [0.25, 0.3) is 6.43 Å². The van der Waals surface area contributed by atoms with Crippen LogP contribution in [0.3, 0.4) is 0 Å². The third-order valence-corrected chi connectivity index (χ3v) is 1.66. The summed E-state index contributed by atoms with van der Waals surface area (Å²) in [7, 11) is -3.62. The van der Waals surface area contributed by atoms with E-state index in [1.807, 2.05) is 0 Å². The Labute approximate surface area is 57.0 Å². The molecule has 0 aliphatic heterocycles. The molecule has 0 rings (SSSR count). The molecule has 0 saturated heterocycles. The number of hydrogen-bond donors (Lipinski definition) is 0. The van der Waals surface area contributed by atoms with Gasteiger partial charge < -0.3 is 0 Å². The van der Waals surface area contributed by atoms with Crippen LogP contribution in [0.25, 0.3) is 0 Å². The van der Waals surface area contributed by atoms with Gasteiger partial charge in [-0.15, -0.1) is 0 Å². The van der Waals surface area contributed by atoms with Gasteiger partial charge in [0.1, 0.15) is 0 Å². The summed E-state index contributed by atoms with van der Waals surface area (Å²) in [6.07, 6.45) is -5.06. The standard InChI is InChI=1S/C4H7F3O2S/c1-10(8,9)2-3(5)4(6)7/h3-4H,2H2,1H3. The van der Waals surface area contributed by atoms with Crippen molar-refractivity contribution in [1.29, 1.82) is 0 Å². The fourth-order valence-electron chi connectivity index (χ4n) is 0.362. The number of hydrogen-bond acceptors (Lipinski definition) is 2. The first-order chi connectivity index (χ1) is 4.33. The van der Waals surface area contributed by atoms with Gasteiger partial charge in [-0.2, -0.15) is 0 Å². The number of rotatable bonds is 3. The van der Waals surface area contributed by atoms with E-state index < -0.39 is 28.2 Å². The van der Waals surface area contributed by atoms with E-state index in [0.29, 0.717) is 6.26 Å². The Kier molecular flexibility index (Phi) is 3.14. The van der Waals surface area contributed by atoms with E-state index in [0.717, 1.165) is 0 Å². The second kappa shape index (κ2) is 3.23. The SMILES string of the molecule is CS(=O)(=O)CC(F)C(F)F. The van der Waals surface area contributed by atoms with E-state index in [1.165, 1.54) is 0 Å². The molecule has 62 valence electrons. The predicted molar refractivity (Wildman–Crippen MR) is 30.6 cm³/mol. The minimum Gasteiger partial charge on any atom is -0.240 e. The highest BCUT2D eigenvalue weighted by Crippen LogP contribution is 2.06. The number of alkyl halides is 3. The van der Waals surface area contributed by atoms with Gasteiger partial charge in [-0.05, 0) is 0 Å². The smallest absolute Gasteiger partial charge is 0.240 e. The monoisotopic (exact) mass is 176 g/mol. The van der Waals surface area contributed by atoms with E-state index in [1.54, 1.807) is 0 Å². The van der Waals surface area contributed by atoms with Gasteiger partial charge in [0.2, 0.25) is 0 Å². The molecule has 10 heavy (non-hydrogen) atoms. The van der Waals surface area contributed by atoms with Gasteiger partial charge in [-0.3, -0.25) is 0 Å². The van der Waals surface area contributed by atoms with E-state index >= 15 is 0 Å². The summed E-state index contributed by atoms with van der Waals surface area (Å²) in [5.41, 5.74) is 0. The van der Waals surface area contributed by atoms with Crippen LogP contribution < -0.4 is 0 Å². The summed E-state index contributed by atoms with van der Waals surface area (Å²) >= 11 is 0. The molecule has 0 fully saturated rings. The van der Waals surface area contributed by atoms with Gasteiger partial charge in [-0.1, -0.05) is 0 Å². The Hall–Kier alpha value is -0.260. The zero-order chi connectivity index (χ0) is 8.36. The molecule has 6 heteroatoms. The molecule has 0 radical (unpaired) electrons. The van der Waals surface area contributed by atoms with Crippen molar-refractivity contribution in [3.05, 3.63) is 0 Å². The lowest BCUT2D eigenvalue weighted by Gasteiger charge is -2.03. The minimum absolute atomic E-state index is 0.710. The van der Waals surface area contributed by atoms with E-state index in [-0.39, 0.29) is 0 Å². The first-order valence-electron chi connectivity index (χ1n) is 2.43. The molecule has 0 aromatic carbocycles. The number of sulfone groups is 1. The highest BCUT2D eigenvalue weighted by Gasteiger charge is 2.23. The lowest BCUT2D eigenvalue weighted by atomic mass is 10.5. The van der Waals surface area contributed by atoms with E-state index in [4.69, 9.17) is 0 Å². The third-order valence-electron chi connectivity index (χ3n) is 0.735. The van der Waals surface area contributed by atoms with E-state index in [2.05, 4.69) is 0 Å². The molecule has 0 amide bonds. The van der Waals surface area contributed by atoms with Crippen molar-refractivity contribution in [2.45, 2.75) is 12.6 Å². The molecule has 0 N–H and O–H groups in total. The summed E-state index contributed by atoms with van der Waals surface area (Å²) in [6.45, 7) is 0. The van der Waals surface area contributed by atoms with Crippen molar-refractivity contribution in [3.63, 3.8) is 0 Å². The highest BCUT2D eigenvalue weighted by molar-refractivity contribution is 7.90. The first kappa shape index (κ1) is 9.74. The maximum absolute atomic E-state index is 11.9. The van der Waals surface area contributed by atoms with Gasteiger partial charge in [0, 0.05) is 6.26 Å². The number of halogens is 3. The Bertz CT molecular complexity index is 187. The lowest BCUT2D eigenvalue weighted by Crippen LogP contribution is -2.22. The summed E-state index contributed by atoms with van der Waals surface area (Å²) in [5.74, 6) is -1.11. The largest absolute Gasteiger partial charge is 0.270 e. The molecule has 1 unspecified atom stereocenters. The molecule has 0 spiro atoms. The summed E-state index contributed by atoms with van der Waals surface area (Å²) < 4.78 is 54.9. The van der Waals surface area contributed by atoms with Crippen LogP contribution in [0.1, 0.15) is 0 Å². The summed E-state index contributed by atoms with van der Waals surface area (Å²) in [4.78, 5) is 0. The Morgan fingerprint density at radius 3 is 1.80 bits per heavy atom. The van der Waals surface area contributed by atoms with Gasteiger partial charge in [0.05, 0.1) is 5.75 Å².